The summed E-state index contributed by atoms with van der Waals surface area (Å²) in [6.07, 6.45) is 2.84. The Kier molecular flexibility index (Phi) is 4.05. The maximum absolute atomic E-state index is 11.2. The number of nitrogens with zero attached hydrogens (tertiary/aromatic N) is 2. The van der Waals surface area contributed by atoms with E-state index in [1.807, 2.05) is 6.07 Å². The van der Waals surface area contributed by atoms with Crippen LogP contribution in [0.4, 0.5) is 11.4 Å². The lowest BCUT2D eigenvalue weighted by molar-refractivity contribution is -0.394. The zero-order chi connectivity index (χ0) is 18.1. The van der Waals surface area contributed by atoms with Gasteiger partial charge in [-0.2, -0.15) is 0 Å². The molecule has 0 aliphatic heterocycles. The van der Waals surface area contributed by atoms with Crippen molar-refractivity contribution < 1.29 is 24.5 Å². The summed E-state index contributed by atoms with van der Waals surface area (Å²) in [5, 5.41) is 31.3. The van der Waals surface area contributed by atoms with Crippen molar-refractivity contribution in [2.45, 2.75) is 19.3 Å². The first-order chi connectivity index (χ1) is 11.9. The molecule has 9 heteroatoms. The van der Waals surface area contributed by atoms with Gasteiger partial charge in [0.1, 0.15) is 11.3 Å². The number of carboxylic acid groups (broad SMARTS) is 1. The fourth-order valence-corrected chi connectivity index (χ4v) is 2.84. The Labute approximate surface area is 140 Å². The van der Waals surface area contributed by atoms with Crippen molar-refractivity contribution in [3.8, 4) is 11.5 Å². The average Bonchev–Trinajstić information content (AvgIpc) is 3.01. The normalized spacial score (nSPS) is 12.5. The third-order valence-corrected chi connectivity index (χ3v) is 4.00. The predicted octanol–water partition coefficient (Wildman–Crippen LogP) is 3.48. The van der Waals surface area contributed by atoms with Crippen LogP contribution in [0.5, 0.6) is 11.5 Å². The maximum Gasteiger partial charge on any atom is 0.342 e. The highest BCUT2D eigenvalue weighted by Crippen LogP contribution is 2.38. The van der Waals surface area contributed by atoms with Crippen molar-refractivity contribution in [2.24, 2.45) is 0 Å². The van der Waals surface area contributed by atoms with Gasteiger partial charge in [-0.05, 0) is 42.5 Å². The molecule has 0 saturated carbocycles. The van der Waals surface area contributed by atoms with Crippen molar-refractivity contribution >= 4 is 17.3 Å². The number of aryl methyl sites for hydroxylation is 2. The van der Waals surface area contributed by atoms with E-state index in [1.54, 1.807) is 12.1 Å². The van der Waals surface area contributed by atoms with Crippen LogP contribution in [0.15, 0.2) is 30.3 Å². The van der Waals surface area contributed by atoms with Gasteiger partial charge in [0.2, 0.25) is 5.75 Å². The highest BCUT2D eigenvalue weighted by Gasteiger charge is 2.29. The topological polar surface area (TPSA) is 133 Å². The Morgan fingerprint density at radius 2 is 1.68 bits per heavy atom. The maximum atomic E-state index is 11.2. The van der Waals surface area contributed by atoms with E-state index in [1.165, 1.54) is 5.56 Å². The number of rotatable bonds is 5. The largest absolute Gasteiger partial charge is 0.477 e. The van der Waals surface area contributed by atoms with Gasteiger partial charge in [-0.3, -0.25) is 20.2 Å². The number of nitro benzene ring substituents is 2. The molecule has 0 saturated heterocycles. The number of hydrogen-bond acceptors (Lipinski definition) is 6. The molecule has 0 spiro atoms. The van der Waals surface area contributed by atoms with E-state index >= 15 is 0 Å². The third-order valence-electron chi connectivity index (χ3n) is 4.00. The molecule has 0 bridgehead atoms. The van der Waals surface area contributed by atoms with E-state index in [9.17, 15) is 25.0 Å². The molecule has 0 amide bonds. The lowest BCUT2D eigenvalue weighted by Crippen LogP contribution is -2.05. The molecule has 9 nitrogen and oxygen atoms in total. The van der Waals surface area contributed by atoms with Crippen LogP contribution >= 0.6 is 0 Å². The van der Waals surface area contributed by atoms with E-state index in [0.29, 0.717) is 11.8 Å². The molecule has 0 aromatic heterocycles. The van der Waals surface area contributed by atoms with Crippen molar-refractivity contribution in [2.75, 3.05) is 0 Å². The summed E-state index contributed by atoms with van der Waals surface area (Å²) in [6.45, 7) is 0. The van der Waals surface area contributed by atoms with Crippen LogP contribution in [-0.2, 0) is 12.8 Å². The molecule has 1 aliphatic carbocycles. The summed E-state index contributed by atoms with van der Waals surface area (Å²) >= 11 is 0. The molecule has 2 aromatic carbocycles. The number of carbonyl (C=O) groups is 1. The van der Waals surface area contributed by atoms with E-state index in [2.05, 4.69) is 0 Å². The molecule has 0 atom stereocenters. The van der Waals surface area contributed by atoms with E-state index in [-0.39, 0.29) is 5.75 Å². The van der Waals surface area contributed by atoms with Gasteiger partial charge in [0.25, 0.3) is 5.69 Å². The number of fused-ring (bicyclic) bond motifs is 1. The Morgan fingerprint density at radius 1 is 1.00 bits per heavy atom. The minimum absolute atomic E-state index is 0.314. The summed E-state index contributed by atoms with van der Waals surface area (Å²) in [6, 6.07) is 6.65. The molecule has 0 radical (unpaired) electrons. The number of nitro groups is 2. The Morgan fingerprint density at radius 3 is 2.32 bits per heavy atom. The molecule has 0 fully saturated rings. The molecule has 0 heterocycles. The van der Waals surface area contributed by atoms with Crippen LogP contribution in [0.3, 0.4) is 0 Å². The van der Waals surface area contributed by atoms with Crippen LogP contribution < -0.4 is 4.74 Å². The third kappa shape index (κ3) is 3.11. The van der Waals surface area contributed by atoms with Crippen molar-refractivity contribution in [1.82, 2.24) is 0 Å². The van der Waals surface area contributed by atoms with Gasteiger partial charge < -0.3 is 9.84 Å². The Hall–Kier alpha value is -3.49. The van der Waals surface area contributed by atoms with E-state index in [0.717, 1.165) is 30.9 Å². The van der Waals surface area contributed by atoms with Crippen LogP contribution in [0.25, 0.3) is 0 Å². The molecule has 0 unspecified atom stereocenters. The molecule has 25 heavy (non-hydrogen) atoms. The number of hydrogen-bond donors (Lipinski definition) is 1. The van der Waals surface area contributed by atoms with Gasteiger partial charge in [0, 0.05) is 6.07 Å². The number of benzene rings is 2. The first-order valence-electron chi connectivity index (χ1n) is 7.36. The van der Waals surface area contributed by atoms with Gasteiger partial charge in [0.05, 0.1) is 15.9 Å². The van der Waals surface area contributed by atoms with Gasteiger partial charge in [-0.1, -0.05) is 6.07 Å². The second-order valence-corrected chi connectivity index (χ2v) is 5.54. The molecular weight excluding hydrogens is 332 g/mol. The minimum Gasteiger partial charge on any atom is -0.477 e. The fraction of sp³-hybridized carbons (Fsp3) is 0.188. The van der Waals surface area contributed by atoms with Gasteiger partial charge >= 0.3 is 11.7 Å². The standard InChI is InChI=1S/C16H12N2O7/c19-16(20)12-7-15(14(18(23)24)8-13(12)17(21)22)25-11-5-4-9-2-1-3-10(9)6-11/h4-8H,1-3H2,(H,19,20). The fourth-order valence-electron chi connectivity index (χ4n) is 2.84. The monoisotopic (exact) mass is 344 g/mol. The smallest absolute Gasteiger partial charge is 0.342 e. The minimum atomic E-state index is -1.57. The number of aromatic carboxylic acids is 1. The zero-order valence-corrected chi connectivity index (χ0v) is 12.8. The van der Waals surface area contributed by atoms with E-state index < -0.39 is 32.8 Å². The van der Waals surface area contributed by atoms with Crippen LogP contribution in [0.2, 0.25) is 0 Å². The lowest BCUT2D eigenvalue weighted by Gasteiger charge is -2.09. The van der Waals surface area contributed by atoms with Crippen LogP contribution in [-0.4, -0.2) is 20.9 Å². The van der Waals surface area contributed by atoms with E-state index in [4.69, 9.17) is 9.84 Å². The molecule has 2 aromatic rings. The highest BCUT2D eigenvalue weighted by atomic mass is 16.6. The lowest BCUT2D eigenvalue weighted by atomic mass is 10.1. The van der Waals surface area contributed by atoms with Gasteiger partial charge in [0.15, 0.2) is 0 Å². The second-order valence-electron chi connectivity index (χ2n) is 5.54. The van der Waals surface area contributed by atoms with Crippen molar-refractivity contribution in [3.05, 3.63) is 67.3 Å². The zero-order valence-electron chi connectivity index (χ0n) is 12.8. The second kappa shape index (κ2) is 6.19. The summed E-state index contributed by atoms with van der Waals surface area (Å²) in [7, 11) is 0. The van der Waals surface area contributed by atoms with Gasteiger partial charge in [-0.15, -0.1) is 0 Å². The molecule has 1 N–H and O–H groups in total. The molecular formula is C16H12N2O7. The summed E-state index contributed by atoms with van der Waals surface area (Å²) in [5.41, 5.74) is 0.0433. The predicted molar refractivity (Wildman–Crippen MR) is 85.3 cm³/mol. The SMILES string of the molecule is O=C(O)c1cc(Oc2ccc3c(c2)CCC3)c([N+](=O)[O-])cc1[N+](=O)[O-]. The van der Waals surface area contributed by atoms with Crippen LogP contribution in [0, 0.1) is 20.2 Å². The Bertz CT molecular complexity index is 908. The van der Waals surface area contributed by atoms with Crippen molar-refractivity contribution in [1.29, 1.82) is 0 Å². The first-order valence-corrected chi connectivity index (χ1v) is 7.36. The molecule has 128 valence electrons. The summed E-state index contributed by atoms with van der Waals surface area (Å²) in [5.74, 6) is -1.61. The molecule has 3 rings (SSSR count). The van der Waals surface area contributed by atoms with Crippen molar-refractivity contribution in [3.63, 3.8) is 0 Å². The highest BCUT2D eigenvalue weighted by molar-refractivity contribution is 5.93. The number of carboxylic acids is 1. The summed E-state index contributed by atoms with van der Waals surface area (Å²) < 4.78 is 5.49. The first kappa shape index (κ1) is 16.4. The number of ether oxygens (including phenoxy) is 1. The van der Waals surface area contributed by atoms with Crippen LogP contribution in [0.1, 0.15) is 27.9 Å². The summed E-state index contributed by atoms with van der Waals surface area (Å²) in [4.78, 5) is 31.6. The quantitative estimate of drug-likeness (QED) is 0.648. The average molecular weight is 344 g/mol. The molecule has 1 aliphatic rings. The Balaban J connectivity index is 2.07. The van der Waals surface area contributed by atoms with Gasteiger partial charge in [-0.25, -0.2) is 4.79 Å².